The molecule has 1 aliphatic rings. The predicted molar refractivity (Wildman–Crippen MR) is 79.8 cm³/mol. The molecule has 0 aromatic heterocycles. The fraction of sp³-hybridized carbons (Fsp3) is 0.500. The molecule has 21 heavy (non-hydrogen) atoms. The molecule has 0 unspecified atom stereocenters. The van der Waals surface area contributed by atoms with E-state index >= 15 is 0 Å². The Morgan fingerprint density at radius 1 is 1.24 bits per heavy atom. The molecule has 5 heteroatoms. The number of nitrogens with one attached hydrogen (secondary N) is 1. The number of rotatable bonds is 7. The quantitative estimate of drug-likeness (QED) is 0.615. The van der Waals surface area contributed by atoms with E-state index < -0.39 is 0 Å². The van der Waals surface area contributed by atoms with Crippen molar-refractivity contribution in [3.05, 3.63) is 29.3 Å². The van der Waals surface area contributed by atoms with Gasteiger partial charge in [-0.2, -0.15) is 0 Å². The number of carbonyl (C=O) groups excluding carboxylic acids is 2. The summed E-state index contributed by atoms with van der Waals surface area (Å²) in [6.07, 6.45) is 1.72. The summed E-state index contributed by atoms with van der Waals surface area (Å²) in [4.78, 5) is 24.8. The highest BCUT2D eigenvalue weighted by Crippen LogP contribution is 2.24. The fourth-order valence-electron chi connectivity index (χ4n) is 2.44. The second-order valence-electron chi connectivity index (χ2n) is 5.20. The lowest BCUT2D eigenvalue weighted by Crippen LogP contribution is -2.28. The van der Waals surface area contributed by atoms with E-state index in [1.54, 1.807) is 7.11 Å². The number of benzene rings is 1. The molecule has 2 rings (SSSR count). The number of hydrogen-bond acceptors (Lipinski definition) is 4. The SMILES string of the molecule is CCCNCc1ccc(OC)c(CN2C(=O)CCC2=O)c1. The van der Waals surface area contributed by atoms with Crippen molar-refractivity contribution in [1.29, 1.82) is 0 Å². The van der Waals surface area contributed by atoms with E-state index in [1.165, 1.54) is 4.90 Å². The van der Waals surface area contributed by atoms with Crippen molar-refractivity contribution in [1.82, 2.24) is 10.2 Å². The average molecular weight is 290 g/mol. The lowest BCUT2D eigenvalue weighted by Gasteiger charge is -2.17. The van der Waals surface area contributed by atoms with Gasteiger partial charge in [0.1, 0.15) is 5.75 Å². The van der Waals surface area contributed by atoms with Gasteiger partial charge >= 0.3 is 0 Å². The normalized spacial score (nSPS) is 14.9. The summed E-state index contributed by atoms with van der Waals surface area (Å²) in [6, 6.07) is 5.89. The molecule has 1 heterocycles. The first-order valence-electron chi connectivity index (χ1n) is 7.35. The highest BCUT2D eigenvalue weighted by molar-refractivity contribution is 6.01. The third kappa shape index (κ3) is 3.82. The number of likely N-dealkylation sites (tertiary alicyclic amines) is 1. The van der Waals surface area contributed by atoms with Crippen molar-refractivity contribution in [2.75, 3.05) is 13.7 Å². The van der Waals surface area contributed by atoms with Crippen molar-refractivity contribution < 1.29 is 14.3 Å². The van der Waals surface area contributed by atoms with Crippen LogP contribution in [-0.2, 0) is 22.7 Å². The van der Waals surface area contributed by atoms with Crippen LogP contribution >= 0.6 is 0 Å². The Kier molecular flexibility index (Phi) is 5.33. The topological polar surface area (TPSA) is 58.6 Å². The van der Waals surface area contributed by atoms with Gasteiger partial charge in [-0.3, -0.25) is 14.5 Å². The number of amides is 2. The molecule has 0 saturated carbocycles. The van der Waals surface area contributed by atoms with E-state index in [9.17, 15) is 9.59 Å². The zero-order valence-corrected chi connectivity index (χ0v) is 12.6. The molecule has 1 aliphatic heterocycles. The van der Waals surface area contributed by atoms with Crippen LogP contribution in [0.2, 0.25) is 0 Å². The molecule has 0 aliphatic carbocycles. The largest absolute Gasteiger partial charge is 0.496 e. The van der Waals surface area contributed by atoms with Gasteiger partial charge < -0.3 is 10.1 Å². The summed E-state index contributed by atoms with van der Waals surface area (Å²) >= 11 is 0. The Balaban J connectivity index is 2.13. The van der Waals surface area contributed by atoms with Gasteiger partial charge in [0, 0.05) is 24.9 Å². The minimum atomic E-state index is -0.100. The predicted octanol–water partition coefficient (Wildman–Crippen LogP) is 1.84. The summed E-state index contributed by atoms with van der Waals surface area (Å²) in [5.41, 5.74) is 2.00. The minimum Gasteiger partial charge on any atom is -0.496 e. The Hall–Kier alpha value is -1.88. The summed E-state index contributed by atoms with van der Waals surface area (Å²) in [6.45, 7) is 4.15. The first-order valence-corrected chi connectivity index (χ1v) is 7.35. The fourth-order valence-corrected chi connectivity index (χ4v) is 2.44. The van der Waals surface area contributed by atoms with Crippen molar-refractivity contribution >= 4 is 11.8 Å². The maximum atomic E-state index is 11.7. The van der Waals surface area contributed by atoms with Gasteiger partial charge in [0.2, 0.25) is 11.8 Å². The van der Waals surface area contributed by atoms with Crippen LogP contribution in [0, 0.1) is 0 Å². The number of methoxy groups -OCH3 is 1. The summed E-state index contributed by atoms with van der Waals surface area (Å²) in [7, 11) is 1.60. The van der Waals surface area contributed by atoms with Crippen LogP contribution in [0.3, 0.4) is 0 Å². The highest BCUT2D eigenvalue weighted by atomic mass is 16.5. The van der Waals surface area contributed by atoms with Gasteiger partial charge in [-0.15, -0.1) is 0 Å². The van der Waals surface area contributed by atoms with Crippen LogP contribution in [-0.4, -0.2) is 30.4 Å². The van der Waals surface area contributed by atoms with Crippen LogP contribution in [0.25, 0.3) is 0 Å². The van der Waals surface area contributed by atoms with Crippen LogP contribution in [0.15, 0.2) is 18.2 Å². The van der Waals surface area contributed by atoms with Crippen LogP contribution < -0.4 is 10.1 Å². The molecular formula is C16H22N2O3. The highest BCUT2D eigenvalue weighted by Gasteiger charge is 2.29. The molecule has 1 N–H and O–H groups in total. The van der Waals surface area contributed by atoms with Crippen LogP contribution in [0.1, 0.15) is 37.3 Å². The molecule has 1 aromatic rings. The molecule has 0 radical (unpaired) electrons. The number of ether oxygens (including phenoxy) is 1. The second kappa shape index (κ2) is 7.22. The molecule has 2 amide bonds. The van der Waals surface area contributed by atoms with Gasteiger partial charge in [-0.25, -0.2) is 0 Å². The smallest absolute Gasteiger partial charge is 0.230 e. The Morgan fingerprint density at radius 2 is 1.95 bits per heavy atom. The molecular weight excluding hydrogens is 268 g/mol. The first-order chi connectivity index (χ1) is 10.2. The zero-order valence-electron chi connectivity index (χ0n) is 12.6. The molecule has 1 aromatic carbocycles. The Bertz CT molecular complexity index is 512. The molecule has 0 spiro atoms. The van der Waals surface area contributed by atoms with E-state index in [4.69, 9.17) is 4.74 Å². The molecule has 1 fully saturated rings. The third-order valence-corrected chi connectivity index (χ3v) is 3.58. The van der Waals surface area contributed by atoms with Gasteiger partial charge in [0.25, 0.3) is 0 Å². The molecule has 5 nitrogen and oxygen atoms in total. The van der Waals surface area contributed by atoms with Gasteiger partial charge in [-0.05, 0) is 30.7 Å². The zero-order chi connectivity index (χ0) is 15.2. The number of carbonyl (C=O) groups is 2. The molecule has 0 atom stereocenters. The van der Waals surface area contributed by atoms with Crippen molar-refractivity contribution in [3.8, 4) is 5.75 Å². The van der Waals surface area contributed by atoms with Crippen molar-refractivity contribution in [3.63, 3.8) is 0 Å². The Labute approximate surface area is 125 Å². The number of nitrogens with zero attached hydrogens (tertiary/aromatic N) is 1. The van der Waals surface area contributed by atoms with Crippen molar-refractivity contribution in [2.45, 2.75) is 39.3 Å². The van der Waals surface area contributed by atoms with Gasteiger partial charge in [-0.1, -0.05) is 13.0 Å². The third-order valence-electron chi connectivity index (χ3n) is 3.58. The second-order valence-corrected chi connectivity index (χ2v) is 5.20. The standard InChI is InChI=1S/C16H22N2O3/c1-3-8-17-10-12-4-5-14(21-2)13(9-12)11-18-15(19)6-7-16(18)20/h4-5,9,17H,3,6-8,10-11H2,1-2H3. The van der Waals surface area contributed by atoms with Crippen LogP contribution in [0.5, 0.6) is 5.75 Å². The molecule has 0 bridgehead atoms. The lowest BCUT2D eigenvalue weighted by molar-refractivity contribution is -0.139. The number of hydrogen-bond donors (Lipinski definition) is 1. The Morgan fingerprint density at radius 3 is 2.57 bits per heavy atom. The summed E-state index contributed by atoms with van der Waals surface area (Å²) in [5, 5.41) is 3.34. The van der Waals surface area contributed by atoms with Crippen LogP contribution in [0.4, 0.5) is 0 Å². The van der Waals surface area contributed by atoms with E-state index in [2.05, 4.69) is 12.2 Å². The van der Waals surface area contributed by atoms with Gasteiger partial charge in [0.15, 0.2) is 0 Å². The molecule has 1 saturated heterocycles. The van der Waals surface area contributed by atoms with E-state index in [0.29, 0.717) is 25.1 Å². The van der Waals surface area contributed by atoms with E-state index in [1.807, 2.05) is 18.2 Å². The molecule has 114 valence electrons. The maximum absolute atomic E-state index is 11.7. The average Bonchev–Trinajstić information content (AvgIpc) is 2.80. The van der Waals surface area contributed by atoms with Gasteiger partial charge in [0.05, 0.1) is 13.7 Å². The van der Waals surface area contributed by atoms with E-state index in [0.717, 1.165) is 30.6 Å². The summed E-state index contributed by atoms with van der Waals surface area (Å²) in [5.74, 6) is 0.509. The summed E-state index contributed by atoms with van der Waals surface area (Å²) < 4.78 is 5.34. The lowest BCUT2D eigenvalue weighted by atomic mass is 10.1. The van der Waals surface area contributed by atoms with Crippen molar-refractivity contribution in [2.24, 2.45) is 0 Å². The van der Waals surface area contributed by atoms with E-state index in [-0.39, 0.29) is 11.8 Å². The maximum Gasteiger partial charge on any atom is 0.230 e. The minimum absolute atomic E-state index is 0.100. The first kappa shape index (κ1) is 15.5. The monoisotopic (exact) mass is 290 g/mol. The number of imide groups is 1.